The summed E-state index contributed by atoms with van der Waals surface area (Å²) in [6.07, 6.45) is 0.541. The molecule has 1 atom stereocenters. The summed E-state index contributed by atoms with van der Waals surface area (Å²) in [5.41, 5.74) is 11.5. The number of rotatable bonds is 3. The molecule has 0 saturated carbocycles. The van der Waals surface area contributed by atoms with Crippen LogP contribution < -0.4 is 11.5 Å². The molecule has 0 aromatic carbocycles. The number of amides is 1. The van der Waals surface area contributed by atoms with E-state index in [2.05, 4.69) is 0 Å². The standard InChI is InChI=1S/C7H10N2OS/c8-6(7(9)10)3-5-1-2-11-4-5/h1-2,4,6H,3,8H2,(H2,9,10)/t6-/m0/s1. The summed E-state index contributed by atoms with van der Waals surface area (Å²) in [6, 6.07) is 1.39. The first kappa shape index (κ1) is 8.23. The Kier molecular flexibility index (Phi) is 2.62. The second-order valence-corrected chi connectivity index (χ2v) is 3.12. The van der Waals surface area contributed by atoms with Gasteiger partial charge in [-0.1, -0.05) is 0 Å². The Hall–Kier alpha value is -0.870. The zero-order valence-electron chi connectivity index (χ0n) is 5.99. The van der Waals surface area contributed by atoms with E-state index in [0.717, 1.165) is 5.56 Å². The highest BCUT2D eigenvalue weighted by Gasteiger charge is 2.09. The summed E-state index contributed by atoms with van der Waals surface area (Å²) in [7, 11) is 0. The third-order valence-corrected chi connectivity index (χ3v) is 2.13. The van der Waals surface area contributed by atoms with Gasteiger partial charge in [-0.15, -0.1) is 0 Å². The van der Waals surface area contributed by atoms with Crippen molar-refractivity contribution in [3.63, 3.8) is 0 Å². The van der Waals surface area contributed by atoms with Gasteiger partial charge in [0, 0.05) is 0 Å². The lowest BCUT2D eigenvalue weighted by Gasteiger charge is -2.03. The summed E-state index contributed by atoms with van der Waals surface area (Å²) in [5.74, 6) is -0.448. The van der Waals surface area contributed by atoms with Crippen LogP contribution in [0.15, 0.2) is 16.8 Å². The Balaban J connectivity index is 2.50. The third-order valence-electron chi connectivity index (χ3n) is 1.40. The molecule has 60 valence electrons. The molecule has 4 N–H and O–H groups in total. The van der Waals surface area contributed by atoms with Crippen LogP contribution in [0.3, 0.4) is 0 Å². The molecule has 0 spiro atoms. The van der Waals surface area contributed by atoms with Crippen molar-refractivity contribution in [2.45, 2.75) is 12.5 Å². The van der Waals surface area contributed by atoms with Crippen LogP contribution in [0.5, 0.6) is 0 Å². The summed E-state index contributed by atoms with van der Waals surface area (Å²) < 4.78 is 0. The normalized spacial score (nSPS) is 12.8. The van der Waals surface area contributed by atoms with Crippen molar-refractivity contribution in [1.29, 1.82) is 0 Å². The molecule has 3 nitrogen and oxygen atoms in total. The van der Waals surface area contributed by atoms with Gasteiger partial charge in [-0.3, -0.25) is 4.79 Å². The molecule has 0 unspecified atom stereocenters. The van der Waals surface area contributed by atoms with E-state index in [1.807, 2.05) is 16.8 Å². The van der Waals surface area contributed by atoms with E-state index in [-0.39, 0.29) is 0 Å². The maximum absolute atomic E-state index is 10.5. The molecular formula is C7H10N2OS. The number of hydrogen-bond donors (Lipinski definition) is 2. The number of carbonyl (C=O) groups excluding carboxylic acids is 1. The zero-order valence-corrected chi connectivity index (χ0v) is 6.80. The molecule has 1 amide bonds. The summed E-state index contributed by atoms with van der Waals surface area (Å²) in [5, 5.41) is 3.91. The fraction of sp³-hybridized carbons (Fsp3) is 0.286. The van der Waals surface area contributed by atoms with Gasteiger partial charge in [0.1, 0.15) is 0 Å². The van der Waals surface area contributed by atoms with Crippen molar-refractivity contribution < 1.29 is 4.79 Å². The molecule has 4 heteroatoms. The highest BCUT2D eigenvalue weighted by Crippen LogP contribution is 2.07. The number of thiophene rings is 1. The van der Waals surface area contributed by atoms with Crippen LogP contribution in [-0.2, 0) is 11.2 Å². The summed E-state index contributed by atoms with van der Waals surface area (Å²) in [4.78, 5) is 10.5. The van der Waals surface area contributed by atoms with Gasteiger partial charge in [-0.25, -0.2) is 0 Å². The maximum Gasteiger partial charge on any atom is 0.234 e. The maximum atomic E-state index is 10.5. The number of hydrogen-bond acceptors (Lipinski definition) is 3. The lowest BCUT2D eigenvalue weighted by atomic mass is 10.1. The molecule has 0 aliphatic rings. The van der Waals surface area contributed by atoms with Gasteiger partial charge in [0.05, 0.1) is 6.04 Å². The van der Waals surface area contributed by atoms with Gasteiger partial charge in [0.2, 0.25) is 5.91 Å². The van der Waals surface area contributed by atoms with Crippen molar-refractivity contribution in [3.05, 3.63) is 22.4 Å². The number of carbonyl (C=O) groups is 1. The first-order chi connectivity index (χ1) is 5.20. The lowest BCUT2D eigenvalue weighted by molar-refractivity contribution is -0.119. The minimum Gasteiger partial charge on any atom is -0.368 e. The highest BCUT2D eigenvalue weighted by atomic mass is 32.1. The Labute approximate surface area is 69.0 Å². The van der Waals surface area contributed by atoms with Crippen LogP contribution in [0.2, 0.25) is 0 Å². The first-order valence-corrected chi connectivity index (χ1v) is 4.20. The first-order valence-electron chi connectivity index (χ1n) is 3.26. The van der Waals surface area contributed by atoms with Crippen molar-refractivity contribution in [2.75, 3.05) is 0 Å². The molecule has 0 bridgehead atoms. The fourth-order valence-corrected chi connectivity index (χ4v) is 1.44. The van der Waals surface area contributed by atoms with Gasteiger partial charge in [-0.05, 0) is 28.8 Å². The molecule has 1 rings (SSSR count). The van der Waals surface area contributed by atoms with E-state index >= 15 is 0 Å². The lowest BCUT2D eigenvalue weighted by Crippen LogP contribution is -2.37. The minimum absolute atomic E-state index is 0.448. The average Bonchev–Trinajstić information content (AvgIpc) is 2.39. The van der Waals surface area contributed by atoms with Crippen molar-refractivity contribution in [1.82, 2.24) is 0 Å². The highest BCUT2D eigenvalue weighted by molar-refractivity contribution is 7.07. The Bertz CT molecular complexity index is 233. The fourth-order valence-electron chi connectivity index (χ4n) is 0.763. The van der Waals surface area contributed by atoms with Gasteiger partial charge < -0.3 is 11.5 Å². The van der Waals surface area contributed by atoms with Crippen LogP contribution in [0.4, 0.5) is 0 Å². The van der Waals surface area contributed by atoms with E-state index in [0.29, 0.717) is 6.42 Å². The van der Waals surface area contributed by atoms with E-state index in [9.17, 15) is 4.79 Å². The second-order valence-electron chi connectivity index (χ2n) is 2.34. The Morgan fingerprint density at radius 1 is 1.73 bits per heavy atom. The molecule has 0 radical (unpaired) electrons. The van der Waals surface area contributed by atoms with Crippen LogP contribution in [0, 0.1) is 0 Å². The average molecular weight is 170 g/mol. The second kappa shape index (κ2) is 3.50. The van der Waals surface area contributed by atoms with E-state index < -0.39 is 11.9 Å². The quantitative estimate of drug-likeness (QED) is 0.675. The molecule has 11 heavy (non-hydrogen) atoms. The molecule has 1 aromatic rings. The largest absolute Gasteiger partial charge is 0.368 e. The van der Waals surface area contributed by atoms with Crippen LogP contribution in [0.1, 0.15) is 5.56 Å². The summed E-state index contributed by atoms with van der Waals surface area (Å²) in [6.45, 7) is 0. The van der Waals surface area contributed by atoms with Crippen molar-refractivity contribution >= 4 is 17.2 Å². The monoisotopic (exact) mass is 170 g/mol. The zero-order chi connectivity index (χ0) is 8.27. The number of primary amides is 1. The van der Waals surface area contributed by atoms with E-state index in [1.165, 1.54) is 0 Å². The van der Waals surface area contributed by atoms with Crippen LogP contribution in [-0.4, -0.2) is 11.9 Å². The molecule has 1 heterocycles. The van der Waals surface area contributed by atoms with Crippen molar-refractivity contribution in [2.24, 2.45) is 11.5 Å². The predicted molar refractivity (Wildman–Crippen MR) is 45.2 cm³/mol. The van der Waals surface area contributed by atoms with E-state index in [1.54, 1.807) is 11.3 Å². The molecule has 0 saturated heterocycles. The predicted octanol–water partition coefficient (Wildman–Crippen LogP) is 0.103. The SMILES string of the molecule is NC(=O)[C@@H](N)Cc1ccsc1. The molecule has 0 aliphatic heterocycles. The third kappa shape index (κ3) is 2.32. The van der Waals surface area contributed by atoms with Gasteiger partial charge >= 0.3 is 0 Å². The topological polar surface area (TPSA) is 69.1 Å². The molecule has 1 aromatic heterocycles. The van der Waals surface area contributed by atoms with Gasteiger partial charge in [-0.2, -0.15) is 11.3 Å². The Morgan fingerprint density at radius 2 is 2.45 bits per heavy atom. The van der Waals surface area contributed by atoms with Gasteiger partial charge in [0.15, 0.2) is 0 Å². The van der Waals surface area contributed by atoms with Crippen LogP contribution >= 0.6 is 11.3 Å². The Morgan fingerprint density at radius 3 is 2.91 bits per heavy atom. The number of nitrogens with two attached hydrogens (primary N) is 2. The molecule has 0 fully saturated rings. The van der Waals surface area contributed by atoms with Gasteiger partial charge in [0.25, 0.3) is 0 Å². The van der Waals surface area contributed by atoms with Crippen molar-refractivity contribution in [3.8, 4) is 0 Å². The van der Waals surface area contributed by atoms with Crippen LogP contribution in [0.25, 0.3) is 0 Å². The summed E-state index contributed by atoms with van der Waals surface area (Å²) >= 11 is 1.59. The minimum atomic E-state index is -0.551. The van der Waals surface area contributed by atoms with E-state index in [4.69, 9.17) is 11.5 Å². The molecular weight excluding hydrogens is 160 g/mol. The smallest absolute Gasteiger partial charge is 0.234 e. The molecule has 0 aliphatic carbocycles.